The van der Waals surface area contributed by atoms with Crippen LogP contribution in [0.15, 0.2) is 218 Å². The van der Waals surface area contributed by atoms with Crippen LogP contribution in [0.5, 0.6) is 0 Å². The second kappa shape index (κ2) is 15.1. The van der Waals surface area contributed by atoms with E-state index in [4.69, 9.17) is 9.97 Å². The molecule has 0 saturated heterocycles. The van der Waals surface area contributed by atoms with Crippen LogP contribution in [-0.4, -0.2) is 19.1 Å². The third-order valence-corrected chi connectivity index (χ3v) is 12.7. The van der Waals surface area contributed by atoms with Gasteiger partial charge in [0.1, 0.15) is 0 Å². The standard InChI is InChI=1S/C59H42N4/c1-39-26-28-41(29-27-39)59-60-53(40-14-4-2-5-15-40)38-54(61-59)46-18-12-16-42(34-46)44-30-32-57-51(36-44)52-37-45(31-33-58(52)62(57)47-19-6-3-7-20-47)43-17-13-21-48(35-43)63-55-24-10-8-22-49(55)50-23-9-11-25-56(50)63/h2-26,28-39H,27H2,1H3. The Hall–Kier alpha value is -8.08. The number of hydrogen-bond acceptors (Lipinski definition) is 2. The van der Waals surface area contributed by atoms with Crippen molar-refractivity contribution in [2.75, 3.05) is 0 Å². The molecule has 1 unspecified atom stereocenters. The highest BCUT2D eigenvalue weighted by Crippen LogP contribution is 2.39. The van der Waals surface area contributed by atoms with E-state index in [2.05, 4.69) is 228 Å². The number of aromatic nitrogens is 4. The highest BCUT2D eigenvalue weighted by atomic mass is 15.0. The van der Waals surface area contributed by atoms with E-state index in [9.17, 15) is 0 Å². The van der Waals surface area contributed by atoms with E-state index in [1.54, 1.807) is 0 Å². The van der Waals surface area contributed by atoms with Gasteiger partial charge < -0.3 is 9.13 Å². The number of benzene rings is 8. The summed E-state index contributed by atoms with van der Waals surface area (Å²) in [4.78, 5) is 10.3. The molecule has 0 N–H and O–H groups in total. The summed E-state index contributed by atoms with van der Waals surface area (Å²) >= 11 is 0. The van der Waals surface area contributed by atoms with Gasteiger partial charge in [-0.1, -0.05) is 153 Å². The molecule has 1 aliphatic rings. The molecule has 4 nitrogen and oxygen atoms in total. The predicted molar refractivity (Wildman–Crippen MR) is 263 cm³/mol. The molecule has 0 radical (unpaired) electrons. The van der Waals surface area contributed by atoms with Crippen molar-refractivity contribution < 1.29 is 0 Å². The SMILES string of the molecule is CC1C=CC(c2nc(-c3ccccc3)cc(-c3cccc(-c4ccc5c(c4)c4cc(-c6cccc(-n7c8ccccc8c8ccccc87)c6)ccc4n5-c4ccccc4)c3)n2)=CC1. The van der Waals surface area contributed by atoms with Crippen LogP contribution in [0.3, 0.4) is 0 Å². The summed E-state index contributed by atoms with van der Waals surface area (Å²) in [6.45, 7) is 2.24. The average Bonchev–Trinajstić information content (AvgIpc) is 3.87. The van der Waals surface area contributed by atoms with Crippen molar-refractivity contribution in [3.8, 4) is 56.1 Å². The third kappa shape index (κ3) is 6.47. The lowest BCUT2D eigenvalue weighted by molar-refractivity contribution is 0.738. The fraction of sp³-hybridized carbons (Fsp3) is 0.0508. The lowest BCUT2D eigenvalue weighted by Crippen LogP contribution is -2.01. The normalized spacial score (nSPS) is 13.9. The summed E-state index contributed by atoms with van der Waals surface area (Å²) in [7, 11) is 0. The zero-order valence-electron chi connectivity index (χ0n) is 34.9. The minimum atomic E-state index is 0.511. The zero-order chi connectivity index (χ0) is 41.9. The van der Waals surface area contributed by atoms with E-state index in [0.717, 1.165) is 62.8 Å². The molecule has 1 aliphatic carbocycles. The monoisotopic (exact) mass is 806 g/mol. The van der Waals surface area contributed by atoms with Crippen molar-refractivity contribution in [1.29, 1.82) is 0 Å². The van der Waals surface area contributed by atoms with Crippen LogP contribution >= 0.6 is 0 Å². The minimum absolute atomic E-state index is 0.511. The second-order valence-corrected chi connectivity index (χ2v) is 16.7. The third-order valence-electron chi connectivity index (χ3n) is 12.7. The van der Waals surface area contributed by atoms with E-state index in [-0.39, 0.29) is 0 Å². The van der Waals surface area contributed by atoms with E-state index >= 15 is 0 Å². The first kappa shape index (κ1) is 36.7. The van der Waals surface area contributed by atoms with E-state index in [1.807, 2.05) is 6.07 Å². The maximum Gasteiger partial charge on any atom is 0.160 e. The topological polar surface area (TPSA) is 35.6 Å². The Kier molecular flexibility index (Phi) is 8.82. The highest BCUT2D eigenvalue weighted by Gasteiger charge is 2.18. The molecule has 4 heteroatoms. The number of hydrogen-bond donors (Lipinski definition) is 0. The van der Waals surface area contributed by atoms with Gasteiger partial charge >= 0.3 is 0 Å². The average molecular weight is 807 g/mol. The molecule has 0 spiro atoms. The van der Waals surface area contributed by atoms with Crippen molar-refractivity contribution in [3.05, 3.63) is 224 Å². The molecule has 11 aromatic rings. The molecule has 3 heterocycles. The number of fused-ring (bicyclic) bond motifs is 6. The molecule has 12 rings (SSSR count). The van der Waals surface area contributed by atoms with Gasteiger partial charge in [-0.05, 0) is 107 Å². The summed E-state index contributed by atoms with van der Waals surface area (Å²) in [6, 6.07) is 72.3. The van der Waals surface area contributed by atoms with Crippen molar-refractivity contribution >= 4 is 49.2 Å². The van der Waals surface area contributed by atoms with Gasteiger partial charge in [-0.3, -0.25) is 0 Å². The van der Waals surface area contributed by atoms with Crippen LogP contribution in [0.25, 0.3) is 105 Å². The fourth-order valence-corrected chi connectivity index (χ4v) is 9.50. The molecule has 0 amide bonds. The smallest absolute Gasteiger partial charge is 0.160 e. The Balaban J connectivity index is 0.989. The Morgan fingerprint density at radius 2 is 0.889 bits per heavy atom. The molecule has 63 heavy (non-hydrogen) atoms. The van der Waals surface area contributed by atoms with Crippen molar-refractivity contribution in [2.24, 2.45) is 5.92 Å². The number of nitrogens with zero attached hydrogens (tertiary/aromatic N) is 4. The van der Waals surface area contributed by atoms with Crippen LogP contribution in [0.2, 0.25) is 0 Å². The Morgan fingerprint density at radius 1 is 0.397 bits per heavy atom. The van der Waals surface area contributed by atoms with Gasteiger partial charge in [-0.25, -0.2) is 9.97 Å². The van der Waals surface area contributed by atoms with Gasteiger partial charge in [0, 0.05) is 49.6 Å². The maximum atomic E-state index is 5.20. The first-order valence-electron chi connectivity index (χ1n) is 21.8. The van der Waals surface area contributed by atoms with Crippen molar-refractivity contribution in [2.45, 2.75) is 13.3 Å². The number of allylic oxidation sites excluding steroid dienone is 4. The minimum Gasteiger partial charge on any atom is -0.309 e. The molecule has 0 bridgehead atoms. The van der Waals surface area contributed by atoms with Crippen LogP contribution in [0, 0.1) is 5.92 Å². The van der Waals surface area contributed by atoms with Gasteiger partial charge in [0.2, 0.25) is 0 Å². The first-order valence-corrected chi connectivity index (χ1v) is 21.8. The Bertz CT molecular complexity index is 3550. The van der Waals surface area contributed by atoms with E-state index in [0.29, 0.717) is 5.92 Å². The maximum absolute atomic E-state index is 5.20. The lowest BCUT2D eigenvalue weighted by Gasteiger charge is -2.14. The van der Waals surface area contributed by atoms with Crippen LogP contribution in [0.4, 0.5) is 0 Å². The molecular formula is C59H42N4. The fourth-order valence-electron chi connectivity index (χ4n) is 9.50. The number of rotatable bonds is 7. The zero-order valence-corrected chi connectivity index (χ0v) is 34.9. The summed E-state index contributed by atoms with van der Waals surface area (Å²) < 4.78 is 4.79. The Morgan fingerprint density at radius 3 is 1.54 bits per heavy atom. The van der Waals surface area contributed by atoms with Gasteiger partial charge in [0.25, 0.3) is 0 Å². The van der Waals surface area contributed by atoms with Gasteiger partial charge in [-0.15, -0.1) is 0 Å². The van der Waals surface area contributed by atoms with Gasteiger partial charge in [0.05, 0.1) is 33.5 Å². The molecule has 298 valence electrons. The first-order chi connectivity index (χ1) is 31.1. The number of para-hydroxylation sites is 3. The van der Waals surface area contributed by atoms with Crippen LogP contribution < -0.4 is 0 Å². The molecule has 0 saturated carbocycles. The largest absolute Gasteiger partial charge is 0.309 e. The molecule has 0 fully saturated rings. The van der Waals surface area contributed by atoms with Gasteiger partial charge in [0.15, 0.2) is 5.82 Å². The molecule has 1 atom stereocenters. The van der Waals surface area contributed by atoms with E-state index < -0.39 is 0 Å². The quantitative estimate of drug-likeness (QED) is 0.161. The van der Waals surface area contributed by atoms with Crippen molar-refractivity contribution in [1.82, 2.24) is 19.1 Å². The molecule has 8 aromatic carbocycles. The second-order valence-electron chi connectivity index (χ2n) is 16.7. The van der Waals surface area contributed by atoms with E-state index in [1.165, 1.54) is 54.7 Å². The molecule has 0 aliphatic heterocycles. The van der Waals surface area contributed by atoms with Crippen LogP contribution in [0.1, 0.15) is 19.2 Å². The molecular weight excluding hydrogens is 765 g/mol. The lowest BCUT2D eigenvalue weighted by atomic mass is 9.97. The molecule has 3 aromatic heterocycles. The summed E-state index contributed by atoms with van der Waals surface area (Å²) in [5.41, 5.74) is 16.7. The summed E-state index contributed by atoms with van der Waals surface area (Å²) in [5.74, 6) is 1.27. The van der Waals surface area contributed by atoms with Crippen LogP contribution in [-0.2, 0) is 0 Å². The highest BCUT2D eigenvalue weighted by molar-refractivity contribution is 6.12. The Labute approximate surface area is 366 Å². The predicted octanol–water partition coefficient (Wildman–Crippen LogP) is 15.3. The van der Waals surface area contributed by atoms with Crippen molar-refractivity contribution in [3.63, 3.8) is 0 Å². The van der Waals surface area contributed by atoms with Gasteiger partial charge in [-0.2, -0.15) is 0 Å². The summed E-state index contributed by atoms with van der Waals surface area (Å²) in [5, 5.41) is 4.94. The summed E-state index contributed by atoms with van der Waals surface area (Å²) in [6.07, 6.45) is 7.68.